The molecule has 5 aromatic rings. The topological polar surface area (TPSA) is 88.1 Å². The zero-order chi connectivity index (χ0) is 23.8. The average Bonchev–Trinajstić information content (AvgIpc) is 3.56. The van der Waals surface area contributed by atoms with Crippen LogP contribution in [0, 0.1) is 0 Å². The summed E-state index contributed by atoms with van der Waals surface area (Å²) in [6, 6.07) is 15.0. The molecule has 0 radical (unpaired) electrons. The van der Waals surface area contributed by atoms with Crippen LogP contribution in [0.2, 0.25) is 0 Å². The van der Waals surface area contributed by atoms with Crippen molar-refractivity contribution in [2.75, 3.05) is 21.3 Å². The quantitative estimate of drug-likeness (QED) is 0.315. The van der Waals surface area contributed by atoms with Crippen molar-refractivity contribution in [3.8, 4) is 40.0 Å². The molecule has 0 atom stereocenters. The van der Waals surface area contributed by atoms with Crippen molar-refractivity contribution in [2.24, 2.45) is 0 Å². The van der Waals surface area contributed by atoms with E-state index < -0.39 is 0 Å². The molecule has 0 aliphatic rings. The molecule has 0 spiro atoms. The fourth-order valence-corrected chi connectivity index (χ4v) is 4.65. The van der Waals surface area contributed by atoms with Gasteiger partial charge in [0, 0.05) is 21.7 Å². The van der Waals surface area contributed by atoms with E-state index in [2.05, 4.69) is 26.0 Å². The van der Waals surface area contributed by atoms with Gasteiger partial charge in [-0.3, -0.25) is 4.79 Å². The molecule has 2 aromatic carbocycles. The zero-order valence-corrected chi connectivity index (χ0v) is 20.8. The number of hydrogen-bond donors (Lipinski definition) is 0. The molecule has 8 nitrogen and oxygen atoms in total. The Hall–Kier alpha value is -3.63. The van der Waals surface area contributed by atoms with Crippen molar-refractivity contribution in [3.05, 3.63) is 73.7 Å². The summed E-state index contributed by atoms with van der Waals surface area (Å²) >= 11 is 4.66. The monoisotopic (exact) mass is 539 g/mol. The van der Waals surface area contributed by atoms with Gasteiger partial charge in [0.1, 0.15) is 16.1 Å². The van der Waals surface area contributed by atoms with Gasteiger partial charge >= 0.3 is 0 Å². The first-order valence-corrected chi connectivity index (χ1v) is 11.7. The summed E-state index contributed by atoms with van der Waals surface area (Å²) in [5, 5.41) is 4.41. The van der Waals surface area contributed by atoms with E-state index in [1.165, 1.54) is 37.2 Å². The zero-order valence-electron chi connectivity index (χ0n) is 18.4. The lowest BCUT2D eigenvalue weighted by molar-refractivity contribution is 0.324. The largest absolute Gasteiger partial charge is 0.493 e. The predicted octanol–water partition coefficient (Wildman–Crippen LogP) is 4.41. The minimum atomic E-state index is -0.271. The van der Waals surface area contributed by atoms with E-state index in [9.17, 15) is 4.79 Å². The molecule has 34 heavy (non-hydrogen) atoms. The van der Waals surface area contributed by atoms with E-state index in [-0.39, 0.29) is 5.56 Å². The van der Waals surface area contributed by atoms with Crippen molar-refractivity contribution in [1.82, 2.24) is 14.6 Å². The number of rotatable bonds is 6. The standard InChI is InChI=1S/C24H18BrN3O5S/c1-30-18-10-14(11-19(31-2)21(18)32-3)22-26-24-28(27-22)23(29)20(34-24)12-16-8-9-17(33-16)13-4-6-15(25)7-5-13/h4-12H,1-3H3. The van der Waals surface area contributed by atoms with Crippen LogP contribution in [0.15, 0.2) is 62.2 Å². The molecule has 0 aliphatic heterocycles. The highest BCUT2D eigenvalue weighted by Crippen LogP contribution is 2.40. The van der Waals surface area contributed by atoms with E-state index in [1.807, 2.05) is 36.4 Å². The molecule has 0 unspecified atom stereocenters. The Morgan fingerprint density at radius 1 is 0.971 bits per heavy atom. The second-order valence-corrected chi connectivity index (χ2v) is 9.09. The lowest BCUT2D eigenvalue weighted by atomic mass is 10.1. The van der Waals surface area contributed by atoms with Crippen LogP contribution in [0.5, 0.6) is 17.2 Å². The van der Waals surface area contributed by atoms with Crippen LogP contribution in [0.25, 0.3) is 33.7 Å². The SMILES string of the molecule is COc1cc(-c2nc3sc(=Cc4ccc(-c5ccc(Br)cc5)o4)c(=O)n3n2)cc(OC)c1OC. The molecule has 3 aromatic heterocycles. The predicted molar refractivity (Wildman–Crippen MR) is 133 cm³/mol. The Balaban J connectivity index is 1.51. The molecule has 5 rings (SSSR count). The molecule has 172 valence electrons. The maximum Gasteiger partial charge on any atom is 0.291 e. The van der Waals surface area contributed by atoms with Crippen LogP contribution < -0.4 is 24.3 Å². The van der Waals surface area contributed by atoms with Crippen LogP contribution in [0.4, 0.5) is 0 Å². The molecular formula is C24H18BrN3O5S. The Kier molecular flexibility index (Phi) is 5.84. The summed E-state index contributed by atoms with van der Waals surface area (Å²) in [6.45, 7) is 0. The molecule has 0 amide bonds. The number of methoxy groups -OCH3 is 3. The summed E-state index contributed by atoms with van der Waals surface area (Å²) in [5.41, 5.74) is 1.32. The van der Waals surface area contributed by atoms with Crippen molar-refractivity contribution in [1.29, 1.82) is 0 Å². The Labute approximate surface area is 206 Å². The molecule has 0 bridgehead atoms. The van der Waals surface area contributed by atoms with E-state index in [4.69, 9.17) is 18.6 Å². The smallest absolute Gasteiger partial charge is 0.291 e. The van der Waals surface area contributed by atoms with Crippen molar-refractivity contribution >= 4 is 38.3 Å². The fraction of sp³-hybridized carbons (Fsp3) is 0.125. The van der Waals surface area contributed by atoms with E-state index in [1.54, 1.807) is 18.2 Å². The number of fused-ring (bicyclic) bond motifs is 1. The summed E-state index contributed by atoms with van der Waals surface area (Å²) in [6.07, 6.45) is 1.70. The van der Waals surface area contributed by atoms with Gasteiger partial charge in [-0.15, -0.1) is 5.10 Å². The molecule has 0 saturated carbocycles. The van der Waals surface area contributed by atoms with Gasteiger partial charge in [0.2, 0.25) is 10.7 Å². The van der Waals surface area contributed by atoms with Crippen molar-refractivity contribution in [3.63, 3.8) is 0 Å². The number of nitrogens with zero attached hydrogens (tertiary/aromatic N) is 3. The number of hydrogen-bond acceptors (Lipinski definition) is 8. The normalized spacial score (nSPS) is 11.8. The molecule has 0 saturated heterocycles. The van der Waals surface area contributed by atoms with Gasteiger partial charge in [-0.1, -0.05) is 39.4 Å². The maximum atomic E-state index is 13.0. The summed E-state index contributed by atoms with van der Waals surface area (Å²) in [4.78, 5) is 18.0. The van der Waals surface area contributed by atoms with Crippen LogP contribution in [-0.2, 0) is 0 Å². The highest BCUT2D eigenvalue weighted by atomic mass is 79.9. The second kappa shape index (κ2) is 8.96. The second-order valence-electron chi connectivity index (χ2n) is 7.17. The van der Waals surface area contributed by atoms with Crippen LogP contribution in [0.3, 0.4) is 0 Å². The minimum Gasteiger partial charge on any atom is -0.493 e. The average molecular weight is 540 g/mol. The van der Waals surface area contributed by atoms with E-state index >= 15 is 0 Å². The van der Waals surface area contributed by atoms with Gasteiger partial charge in [-0.25, -0.2) is 0 Å². The van der Waals surface area contributed by atoms with Crippen LogP contribution >= 0.6 is 27.3 Å². The lowest BCUT2D eigenvalue weighted by Crippen LogP contribution is -2.23. The first-order valence-electron chi connectivity index (χ1n) is 10.1. The first-order chi connectivity index (χ1) is 16.5. The fourth-order valence-electron chi connectivity index (χ4n) is 3.50. The van der Waals surface area contributed by atoms with Crippen LogP contribution in [0.1, 0.15) is 5.76 Å². The van der Waals surface area contributed by atoms with Gasteiger partial charge in [-0.2, -0.15) is 9.50 Å². The van der Waals surface area contributed by atoms with E-state index in [0.717, 1.165) is 15.8 Å². The van der Waals surface area contributed by atoms with Crippen molar-refractivity contribution < 1.29 is 18.6 Å². The van der Waals surface area contributed by atoms with Gasteiger partial charge in [0.25, 0.3) is 5.56 Å². The Morgan fingerprint density at radius 3 is 2.29 bits per heavy atom. The number of furan rings is 1. The molecule has 0 aliphatic carbocycles. The summed E-state index contributed by atoms with van der Waals surface area (Å²) in [7, 11) is 4.61. The highest BCUT2D eigenvalue weighted by molar-refractivity contribution is 9.10. The van der Waals surface area contributed by atoms with Crippen LogP contribution in [-0.4, -0.2) is 35.9 Å². The highest BCUT2D eigenvalue weighted by Gasteiger charge is 2.18. The first kappa shape index (κ1) is 22.2. The van der Waals surface area contributed by atoms with Crippen molar-refractivity contribution in [2.45, 2.75) is 0 Å². The molecule has 10 heteroatoms. The summed E-state index contributed by atoms with van der Waals surface area (Å²) < 4.78 is 24.8. The lowest BCUT2D eigenvalue weighted by Gasteiger charge is -2.12. The number of aromatic nitrogens is 3. The molecule has 0 N–H and O–H groups in total. The number of thiazole rings is 1. The van der Waals surface area contributed by atoms with Gasteiger partial charge in [0.05, 0.1) is 21.3 Å². The van der Waals surface area contributed by atoms with Gasteiger partial charge in [0.15, 0.2) is 17.3 Å². The third-order valence-corrected chi connectivity index (χ3v) is 6.62. The summed E-state index contributed by atoms with van der Waals surface area (Å²) in [5.74, 6) is 3.10. The molecule has 3 heterocycles. The number of benzene rings is 2. The Morgan fingerprint density at radius 2 is 1.68 bits per heavy atom. The number of ether oxygens (including phenoxy) is 3. The maximum absolute atomic E-state index is 13.0. The van der Waals surface area contributed by atoms with Gasteiger partial charge < -0.3 is 18.6 Å². The third kappa shape index (κ3) is 3.95. The Bertz CT molecular complexity index is 1580. The third-order valence-electron chi connectivity index (χ3n) is 5.13. The molecule has 0 fully saturated rings. The number of halogens is 1. The van der Waals surface area contributed by atoms with E-state index in [0.29, 0.717) is 43.9 Å². The molecular weight excluding hydrogens is 522 g/mol. The van der Waals surface area contributed by atoms with Gasteiger partial charge in [-0.05, 0) is 36.4 Å². The minimum absolute atomic E-state index is 0.271.